The Kier molecular flexibility index (Phi) is 5.16. The Balaban J connectivity index is 1.18. The molecule has 0 radical (unpaired) electrons. The van der Waals surface area contributed by atoms with E-state index >= 15 is 0 Å². The quantitative estimate of drug-likeness (QED) is 0.171. The predicted molar refractivity (Wildman–Crippen MR) is 167 cm³/mol. The second-order valence-electron chi connectivity index (χ2n) is 10.1. The largest absolute Gasteiger partial charge is 0.456 e. The molecule has 0 unspecified atom stereocenters. The number of benzene rings is 5. The van der Waals surface area contributed by atoms with Crippen molar-refractivity contribution in [3.05, 3.63) is 139 Å². The van der Waals surface area contributed by atoms with Crippen LogP contribution in [0.25, 0.3) is 82.2 Å². The van der Waals surface area contributed by atoms with Crippen LogP contribution >= 0.6 is 0 Å². The second kappa shape index (κ2) is 9.15. The SMILES string of the molecule is [C-]#[N+]c1ccc(-c2ccc3ccc4ccc(-c5ccc(-c6ccc7oc8ccccc8c7c6)cc5)nc4c3n2)cc1. The van der Waals surface area contributed by atoms with Gasteiger partial charge in [0, 0.05) is 27.1 Å². The maximum atomic E-state index is 7.21. The highest BCUT2D eigenvalue weighted by Gasteiger charge is 2.11. The Labute approximate surface area is 236 Å². The van der Waals surface area contributed by atoms with Gasteiger partial charge < -0.3 is 4.42 Å². The van der Waals surface area contributed by atoms with Crippen LogP contribution in [-0.4, -0.2) is 9.97 Å². The highest BCUT2D eigenvalue weighted by molar-refractivity contribution is 6.06. The number of para-hydroxylation sites is 1. The molecule has 3 aromatic heterocycles. The number of rotatable bonds is 3. The Morgan fingerprint density at radius 3 is 1.68 bits per heavy atom. The second-order valence-corrected chi connectivity index (χ2v) is 10.1. The number of pyridine rings is 2. The van der Waals surface area contributed by atoms with Crippen molar-refractivity contribution in [2.75, 3.05) is 0 Å². The average molecular weight is 524 g/mol. The average Bonchev–Trinajstić information content (AvgIpc) is 3.42. The van der Waals surface area contributed by atoms with E-state index in [2.05, 4.69) is 83.7 Å². The molecule has 0 aliphatic carbocycles. The van der Waals surface area contributed by atoms with E-state index in [9.17, 15) is 0 Å². The lowest BCUT2D eigenvalue weighted by atomic mass is 10.00. The Bertz CT molecular complexity index is 2310. The fourth-order valence-corrected chi connectivity index (χ4v) is 5.54. The standard InChI is InChI=1S/C37H21N3O/c1-38-29-17-12-25(13-18-29)33-20-15-27-11-10-26-14-19-32(39-36(26)37(27)40-33)24-8-6-23(7-9-24)28-16-21-35-31(22-28)30-4-2-3-5-34(30)41-35/h2-22H. The van der Waals surface area contributed by atoms with E-state index in [0.29, 0.717) is 5.69 Å². The van der Waals surface area contributed by atoms with Crippen LogP contribution in [0.3, 0.4) is 0 Å². The fourth-order valence-electron chi connectivity index (χ4n) is 5.54. The summed E-state index contributed by atoms with van der Waals surface area (Å²) in [4.78, 5) is 13.6. The van der Waals surface area contributed by atoms with Crippen LogP contribution in [0, 0.1) is 6.57 Å². The smallest absolute Gasteiger partial charge is 0.187 e. The topological polar surface area (TPSA) is 43.3 Å². The minimum atomic E-state index is 0.618. The molecule has 41 heavy (non-hydrogen) atoms. The van der Waals surface area contributed by atoms with Gasteiger partial charge in [0.25, 0.3) is 0 Å². The predicted octanol–water partition coefficient (Wildman–Crippen LogP) is 10.2. The van der Waals surface area contributed by atoms with Gasteiger partial charge >= 0.3 is 0 Å². The van der Waals surface area contributed by atoms with Crippen molar-refractivity contribution in [3.8, 4) is 33.6 Å². The van der Waals surface area contributed by atoms with E-state index in [-0.39, 0.29) is 0 Å². The third-order valence-electron chi connectivity index (χ3n) is 7.70. The molecule has 3 heterocycles. The molecular formula is C37H21N3O. The summed E-state index contributed by atoms with van der Waals surface area (Å²) in [5.41, 5.74) is 10.2. The van der Waals surface area contributed by atoms with Crippen LogP contribution in [0.4, 0.5) is 5.69 Å². The van der Waals surface area contributed by atoms with Gasteiger partial charge in [-0.25, -0.2) is 14.8 Å². The van der Waals surface area contributed by atoms with Gasteiger partial charge in [0.05, 0.1) is 29.0 Å². The van der Waals surface area contributed by atoms with Gasteiger partial charge in [0.1, 0.15) is 11.2 Å². The minimum absolute atomic E-state index is 0.618. The maximum absolute atomic E-state index is 7.21. The minimum Gasteiger partial charge on any atom is -0.456 e. The van der Waals surface area contributed by atoms with Crippen LogP contribution < -0.4 is 0 Å². The third-order valence-corrected chi connectivity index (χ3v) is 7.70. The molecule has 8 rings (SSSR count). The lowest BCUT2D eigenvalue weighted by molar-refractivity contribution is 0.669. The Morgan fingerprint density at radius 2 is 1.02 bits per heavy atom. The molecule has 190 valence electrons. The van der Waals surface area contributed by atoms with Crippen molar-refractivity contribution < 1.29 is 4.42 Å². The summed E-state index contributed by atoms with van der Waals surface area (Å²) in [6.45, 7) is 7.21. The first-order valence-electron chi connectivity index (χ1n) is 13.4. The normalized spacial score (nSPS) is 11.4. The zero-order valence-corrected chi connectivity index (χ0v) is 21.9. The van der Waals surface area contributed by atoms with Gasteiger partial charge in [-0.2, -0.15) is 0 Å². The number of hydrogen-bond acceptors (Lipinski definition) is 3. The fraction of sp³-hybridized carbons (Fsp3) is 0. The number of fused-ring (bicyclic) bond motifs is 6. The molecule has 0 saturated heterocycles. The van der Waals surface area contributed by atoms with Crippen molar-refractivity contribution >= 4 is 49.4 Å². The van der Waals surface area contributed by atoms with E-state index in [4.69, 9.17) is 21.0 Å². The van der Waals surface area contributed by atoms with Gasteiger partial charge in [-0.15, -0.1) is 0 Å². The van der Waals surface area contributed by atoms with Crippen molar-refractivity contribution in [2.45, 2.75) is 0 Å². The number of aromatic nitrogens is 2. The molecule has 0 aliphatic rings. The van der Waals surface area contributed by atoms with Gasteiger partial charge in [0.15, 0.2) is 5.69 Å². The molecule has 4 heteroatoms. The molecule has 0 bridgehead atoms. The zero-order valence-electron chi connectivity index (χ0n) is 21.9. The number of furan rings is 1. The van der Waals surface area contributed by atoms with Gasteiger partial charge in [-0.05, 0) is 47.0 Å². The van der Waals surface area contributed by atoms with Crippen molar-refractivity contribution in [1.29, 1.82) is 0 Å². The maximum Gasteiger partial charge on any atom is 0.187 e. The zero-order chi connectivity index (χ0) is 27.3. The Morgan fingerprint density at radius 1 is 0.488 bits per heavy atom. The molecule has 5 aromatic carbocycles. The lowest BCUT2D eigenvalue weighted by Gasteiger charge is -2.09. The molecule has 8 aromatic rings. The number of nitrogens with zero attached hydrogens (tertiary/aromatic N) is 3. The van der Waals surface area contributed by atoms with Crippen LogP contribution in [0.2, 0.25) is 0 Å². The summed E-state index contributed by atoms with van der Waals surface area (Å²) < 4.78 is 6.00. The molecule has 0 aliphatic heterocycles. The summed E-state index contributed by atoms with van der Waals surface area (Å²) in [7, 11) is 0. The molecule has 4 nitrogen and oxygen atoms in total. The van der Waals surface area contributed by atoms with Crippen molar-refractivity contribution in [2.24, 2.45) is 0 Å². The van der Waals surface area contributed by atoms with Crippen LogP contribution in [0.1, 0.15) is 0 Å². The first-order valence-corrected chi connectivity index (χ1v) is 13.4. The first kappa shape index (κ1) is 23.1. The van der Waals surface area contributed by atoms with Crippen LogP contribution in [0.15, 0.2) is 132 Å². The summed E-state index contributed by atoms with van der Waals surface area (Å²) in [6, 6.07) is 43.1. The highest BCUT2D eigenvalue weighted by Crippen LogP contribution is 2.34. The van der Waals surface area contributed by atoms with Crippen LogP contribution in [-0.2, 0) is 0 Å². The van der Waals surface area contributed by atoms with E-state index in [0.717, 1.165) is 77.4 Å². The molecular weight excluding hydrogens is 502 g/mol. The molecule has 0 atom stereocenters. The summed E-state index contributed by atoms with van der Waals surface area (Å²) in [5, 5.41) is 4.35. The first-order chi connectivity index (χ1) is 20.2. The number of hydrogen-bond donors (Lipinski definition) is 0. The third kappa shape index (κ3) is 3.92. The summed E-state index contributed by atoms with van der Waals surface area (Å²) >= 11 is 0. The van der Waals surface area contributed by atoms with Crippen molar-refractivity contribution in [3.63, 3.8) is 0 Å². The van der Waals surface area contributed by atoms with Crippen LogP contribution in [0.5, 0.6) is 0 Å². The van der Waals surface area contributed by atoms with Gasteiger partial charge in [-0.3, -0.25) is 0 Å². The van der Waals surface area contributed by atoms with Gasteiger partial charge in [-0.1, -0.05) is 97.1 Å². The summed E-state index contributed by atoms with van der Waals surface area (Å²) in [5.74, 6) is 0. The van der Waals surface area contributed by atoms with E-state index in [1.165, 1.54) is 0 Å². The molecule has 0 N–H and O–H groups in total. The van der Waals surface area contributed by atoms with E-state index < -0.39 is 0 Å². The molecule has 0 spiro atoms. The van der Waals surface area contributed by atoms with Crippen molar-refractivity contribution in [1.82, 2.24) is 9.97 Å². The highest BCUT2D eigenvalue weighted by atomic mass is 16.3. The molecule has 0 amide bonds. The van der Waals surface area contributed by atoms with E-state index in [1.807, 2.05) is 48.5 Å². The lowest BCUT2D eigenvalue weighted by Crippen LogP contribution is -1.91. The van der Waals surface area contributed by atoms with Gasteiger partial charge in [0.2, 0.25) is 0 Å². The molecule has 0 fully saturated rings. The molecule has 0 saturated carbocycles. The van der Waals surface area contributed by atoms with E-state index in [1.54, 1.807) is 0 Å². The summed E-state index contributed by atoms with van der Waals surface area (Å²) in [6.07, 6.45) is 0. The Hall–Kier alpha value is -5.79. The monoisotopic (exact) mass is 523 g/mol.